The van der Waals surface area contributed by atoms with Gasteiger partial charge in [-0.25, -0.2) is 0 Å². The van der Waals surface area contributed by atoms with Gasteiger partial charge in [-0.05, 0) is 24.5 Å². The molecule has 0 aliphatic carbocycles. The fourth-order valence-electron chi connectivity index (χ4n) is 2.08. The van der Waals surface area contributed by atoms with Crippen molar-refractivity contribution < 1.29 is 4.79 Å². The summed E-state index contributed by atoms with van der Waals surface area (Å²) in [7, 11) is 0. The van der Waals surface area contributed by atoms with Crippen LogP contribution in [0.15, 0.2) is 18.2 Å². The van der Waals surface area contributed by atoms with Crippen LogP contribution < -0.4 is 10.6 Å². The van der Waals surface area contributed by atoms with Gasteiger partial charge in [0.2, 0.25) is 0 Å². The summed E-state index contributed by atoms with van der Waals surface area (Å²) in [5.74, 6) is 0. The van der Waals surface area contributed by atoms with E-state index in [0.717, 1.165) is 36.2 Å². The van der Waals surface area contributed by atoms with Gasteiger partial charge in [-0.1, -0.05) is 12.1 Å². The average molecular weight is 204 g/mol. The van der Waals surface area contributed by atoms with E-state index in [-0.39, 0.29) is 0 Å². The molecule has 0 saturated carbocycles. The Hall–Kier alpha value is -1.35. The molecule has 3 nitrogen and oxygen atoms in total. The molecule has 1 aromatic rings. The van der Waals surface area contributed by atoms with Gasteiger partial charge in [0.15, 0.2) is 0 Å². The first-order valence-electron chi connectivity index (χ1n) is 5.38. The normalized spacial score (nSPS) is 15.7. The predicted octanol–water partition coefficient (Wildman–Crippen LogP) is 1.56. The highest BCUT2D eigenvalue weighted by Gasteiger charge is 2.15. The van der Waals surface area contributed by atoms with Crippen LogP contribution in [0.1, 0.15) is 28.8 Å². The van der Waals surface area contributed by atoms with E-state index >= 15 is 0 Å². The highest BCUT2D eigenvalue weighted by Crippen LogP contribution is 2.25. The lowest BCUT2D eigenvalue weighted by molar-refractivity contribution is 0.112. The molecule has 0 bridgehead atoms. The second-order valence-corrected chi connectivity index (χ2v) is 3.90. The number of hydrogen-bond acceptors (Lipinski definition) is 3. The summed E-state index contributed by atoms with van der Waals surface area (Å²) < 4.78 is 0. The Balaban J connectivity index is 2.36. The number of carbonyl (C=O) groups is 1. The molecule has 0 atom stereocenters. The minimum absolute atomic E-state index is 0.533. The van der Waals surface area contributed by atoms with Crippen molar-refractivity contribution in [3.63, 3.8) is 0 Å². The van der Waals surface area contributed by atoms with Crippen LogP contribution >= 0.6 is 0 Å². The highest BCUT2D eigenvalue weighted by molar-refractivity contribution is 5.78. The summed E-state index contributed by atoms with van der Waals surface area (Å²) in [6, 6.07) is 5.73. The average Bonchev–Trinajstić information content (AvgIpc) is 2.81. The molecule has 1 saturated heterocycles. The van der Waals surface area contributed by atoms with Crippen LogP contribution in [0.5, 0.6) is 0 Å². The third-order valence-corrected chi connectivity index (χ3v) is 2.91. The third-order valence-electron chi connectivity index (χ3n) is 2.91. The summed E-state index contributed by atoms with van der Waals surface area (Å²) in [5.41, 5.74) is 8.69. The largest absolute Gasteiger partial charge is 0.371 e. The maximum absolute atomic E-state index is 10.7. The Morgan fingerprint density at radius 3 is 2.67 bits per heavy atom. The number of aldehydes is 1. The molecule has 1 aromatic carbocycles. The molecule has 2 N–H and O–H groups in total. The number of benzene rings is 1. The van der Waals surface area contributed by atoms with Crippen LogP contribution in [-0.2, 0) is 6.54 Å². The van der Waals surface area contributed by atoms with Crippen LogP contribution in [0.25, 0.3) is 0 Å². The van der Waals surface area contributed by atoms with Gasteiger partial charge < -0.3 is 10.6 Å². The SMILES string of the molecule is NCc1ccc(C=O)cc1N1CCCC1. The predicted molar refractivity (Wildman–Crippen MR) is 61.2 cm³/mol. The summed E-state index contributed by atoms with van der Waals surface area (Å²) in [4.78, 5) is 13.0. The Kier molecular flexibility index (Phi) is 3.02. The van der Waals surface area contributed by atoms with Crippen LogP contribution in [0, 0.1) is 0 Å². The minimum Gasteiger partial charge on any atom is -0.371 e. The van der Waals surface area contributed by atoms with Crippen molar-refractivity contribution in [3.8, 4) is 0 Å². The zero-order chi connectivity index (χ0) is 10.7. The molecule has 0 amide bonds. The van der Waals surface area contributed by atoms with E-state index in [2.05, 4.69) is 4.90 Å². The lowest BCUT2D eigenvalue weighted by atomic mass is 10.1. The first-order valence-corrected chi connectivity index (χ1v) is 5.38. The van der Waals surface area contributed by atoms with E-state index in [0.29, 0.717) is 6.54 Å². The van der Waals surface area contributed by atoms with E-state index in [1.54, 1.807) is 0 Å². The summed E-state index contributed by atoms with van der Waals surface area (Å²) in [6.45, 7) is 2.69. The summed E-state index contributed by atoms with van der Waals surface area (Å²) >= 11 is 0. The van der Waals surface area contributed by atoms with Gasteiger partial charge in [0.25, 0.3) is 0 Å². The maximum Gasteiger partial charge on any atom is 0.150 e. The zero-order valence-corrected chi connectivity index (χ0v) is 8.78. The Morgan fingerprint density at radius 2 is 2.07 bits per heavy atom. The van der Waals surface area contributed by atoms with Crippen LogP contribution in [0.4, 0.5) is 5.69 Å². The molecule has 1 aliphatic heterocycles. The smallest absolute Gasteiger partial charge is 0.150 e. The topological polar surface area (TPSA) is 46.3 Å². The van der Waals surface area contributed by atoms with Crippen molar-refractivity contribution in [2.24, 2.45) is 5.73 Å². The van der Waals surface area contributed by atoms with Gasteiger partial charge in [0.1, 0.15) is 6.29 Å². The van der Waals surface area contributed by atoms with Crippen molar-refractivity contribution in [2.75, 3.05) is 18.0 Å². The molecule has 1 fully saturated rings. The van der Waals surface area contributed by atoms with E-state index in [9.17, 15) is 4.79 Å². The lowest BCUT2D eigenvalue weighted by Gasteiger charge is -2.21. The third kappa shape index (κ3) is 2.02. The molecule has 0 radical (unpaired) electrons. The number of nitrogens with zero attached hydrogens (tertiary/aromatic N) is 1. The highest BCUT2D eigenvalue weighted by atomic mass is 16.1. The van der Waals surface area contributed by atoms with Gasteiger partial charge in [-0.15, -0.1) is 0 Å². The molecule has 3 heteroatoms. The molecular formula is C12H16N2O. The minimum atomic E-state index is 0.533. The summed E-state index contributed by atoms with van der Waals surface area (Å²) in [5, 5.41) is 0. The van der Waals surface area contributed by atoms with Crippen molar-refractivity contribution in [1.29, 1.82) is 0 Å². The van der Waals surface area contributed by atoms with E-state index in [1.807, 2.05) is 18.2 Å². The van der Waals surface area contributed by atoms with Crippen LogP contribution in [0.2, 0.25) is 0 Å². The fourth-order valence-corrected chi connectivity index (χ4v) is 2.08. The van der Waals surface area contributed by atoms with Crippen LogP contribution in [0.3, 0.4) is 0 Å². The quantitative estimate of drug-likeness (QED) is 0.760. The lowest BCUT2D eigenvalue weighted by Crippen LogP contribution is -2.20. The molecule has 0 spiro atoms. The van der Waals surface area contributed by atoms with Crippen LogP contribution in [-0.4, -0.2) is 19.4 Å². The summed E-state index contributed by atoms with van der Waals surface area (Å²) in [6.07, 6.45) is 3.35. The van der Waals surface area contributed by atoms with Gasteiger partial charge in [0, 0.05) is 30.9 Å². The number of anilines is 1. The molecular weight excluding hydrogens is 188 g/mol. The van der Waals surface area contributed by atoms with Gasteiger partial charge in [0.05, 0.1) is 0 Å². The fraction of sp³-hybridized carbons (Fsp3) is 0.417. The molecule has 1 aliphatic rings. The number of hydrogen-bond donors (Lipinski definition) is 1. The van der Waals surface area contributed by atoms with E-state index < -0.39 is 0 Å². The van der Waals surface area contributed by atoms with Crippen molar-refractivity contribution in [3.05, 3.63) is 29.3 Å². The Morgan fingerprint density at radius 1 is 1.33 bits per heavy atom. The van der Waals surface area contributed by atoms with Gasteiger partial charge in [-0.2, -0.15) is 0 Å². The van der Waals surface area contributed by atoms with Gasteiger partial charge >= 0.3 is 0 Å². The first-order chi connectivity index (χ1) is 7.35. The number of rotatable bonds is 3. The monoisotopic (exact) mass is 204 g/mol. The van der Waals surface area contributed by atoms with Crippen molar-refractivity contribution in [2.45, 2.75) is 19.4 Å². The molecule has 15 heavy (non-hydrogen) atoms. The second kappa shape index (κ2) is 4.45. The van der Waals surface area contributed by atoms with Crippen molar-refractivity contribution >= 4 is 12.0 Å². The van der Waals surface area contributed by atoms with E-state index in [1.165, 1.54) is 12.8 Å². The molecule has 0 aromatic heterocycles. The van der Waals surface area contributed by atoms with Crippen molar-refractivity contribution in [1.82, 2.24) is 0 Å². The molecule has 2 rings (SSSR count). The molecule has 1 heterocycles. The molecule has 0 unspecified atom stereocenters. The van der Waals surface area contributed by atoms with Gasteiger partial charge in [-0.3, -0.25) is 4.79 Å². The Bertz CT molecular complexity index is 357. The first kappa shape index (κ1) is 10.2. The zero-order valence-electron chi connectivity index (χ0n) is 8.78. The molecule has 80 valence electrons. The standard InChI is InChI=1S/C12H16N2O/c13-8-11-4-3-10(9-15)7-12(11)14-5-1-2-6-14/h3-4,7,9H,1-2,5-6,8,13H2. The van der Waals surface area contributed by atoms with E-state index in [4.69, 9.17) is 5.73 Å². The number of nitrogens with two attached hydrogens (primary N) is 1. The Labute approximate surface area is 89.9 Å². The number of carbonyl (C=O) groups excluding carboxylic acids is 1. The maximum atomic E-state index is 10.7. The second-order valence-electron chi connectivity index (χ2n) is 3.90.